The van der Waals surface area contributed by atoms with Gasteiger partial charge in [-0.3, -0.25) is 0 Å². The predicted molar refractivity (Wildman–Crippen MR) is 96.9 cm³/mol. The van der Waals surface area contributed by atoms with Crippen LogP contribution in [-0.2, 0) is 0 Å². The minimum absolute atomic E-state index is 0.214. The lowest BCUT2D eigenvalue weighted by Gasteiger charge is -2.25. The van der Waals surface area contributed by atoms with Crippen molar-refractivity contribution in [3.8, 4) is 5.75 Å². The average Bonchev–Trinajstić information content (AvgIpc) is 2.60. The second kappa shape index (κ2) is 7.45. The lowest BCUT2D eigenvalue weighted by molar-refractivity contribution is 0.225. The predicted octanol–water partition coefficient (Wildman–Crippen LogP) is 5.05. The molecule has 0 aliphatic carbocycles. The van der Waals surface area contributed by atoms with E-state index in [0.29, 0.717) is 12.0 Å². The van der Waals surface area contributed by atoms with Crippen LogP contribution >= 0.6 is 0 Å². The molecule has 0 unspecified atom stereocenters. The Morgan fingerprint density at radius 1 is 0.875 bits per heavy atom. The maximum atomic E-state index is 13.9. The molecule has 3 heteroatoms. The largest absolute Gasteiger partial charge is 0.493 e. The van der Waals surface area contributed by atoms with Gasteiger partial charge >= 0.3 is 0 Å². The fourth-order valence-electron chi connectivity index (χ4n) is 3.05. The van der Waals surface area contributed by atoms with Gasteiger partial charge in [0.25, 0.3) is 0 Å². The molecule has 0 fully saturated rings. The zero-order valence-corrected chi connectivity index (χ0v) is 14.1. The Morgan fingerprint density at radius 2 is 1.58 bits per heavy atom. The molecule has 0 heterocycles. The quantitative estimate of drug-likeness (QED) is 0.629. The molecule has 0 radical (unpaired) electrons. The van der Waals surface area contributed by atoms with Crippen molar-refractivity contribution in [2.24, 2.45) is 0 Å². The summed E-state index contributed by atoms with van der Waals surface area (Å²) < 4.78 is 19.9. The van der Waals surface area contributed by atoms with E-state index < -0.39 is 0 Å². The molecule has 124 valence electrons. The van der Waals surface area contributed by atoms with Gasteiger partial charge in [-0.05, 0) is 31.8 Å². The van der Waals surface area contributed by atoms with Crippen LogP contribution in [0.25, 0.3) is 10.8 Å². The zero-order chi connectivity index (χ0) is 16.9. The van der Waals surface area contributed by atoms with Gasteiger partial charge in [-0.15, -0.1) is 0 Å². The van der Waals surface area contributed by atoms with E-state index in [-0.39, 0.29) is 11.9 Å². The third kappa shape index (κ3) is 3.57. The van der Waals surface area contributed by atoms with Crippen molar-refractivity contribution in [3.05, 3.63) is 78.1 Å². The molecule has 1 atom stereocenters. The first-order chi connectivity index (χ1) is 11.7. The molecule has 3 rings (SSSR count). The average molecular weight is 323 g/mol. The summed E-state index contributed by atoms with van der Waals surface area (Å²) in [6, 6.07) is 21.3. The highest BCUT2D eigenvalue weighted by molar-refractivity contribution is 5.88. The van der Waals surface area contributed by atoms with Crippen LogP contribution in [0.2, 0.25) is 0 Å². The highest BCUT2D eigenvalue weighted by atomic mass is 19.1. The molecule has 0 aliphatic heterocycles. The summed E-state index contributed by atoms with van der Waals surface area (Å²) in [6.45, 7) is 0.577. The first-order valence-corrected chi connectivity index (χ1v) is 8.18. The standard InChI is InChI=1S/C21H22FNO/c1-23(2)20(16-8-4-3-5-9-16)14-15-24-21-13-7-10-17-18(21)11-6-12-19(17)22/h3-13,20H,14-15H2,1-2H3/t20-/m0/s1. The van der Waals surface area contributed by atoms with Crippen LogP contribution in [0.3, 0.4) is 0 Å². The van der Waals surface area contributed by atoms with Gasteiger partial charge in [-0.1, -0.05) is 54.6 Å². The van der Waals surface area contributed by atoms with Crippen molar-refractivity contribution >= 4 is 10.8 Å². The van der Waals surface area contributed by atoms with Gasteiger partial charge in [-0.25, -0.2) is 4.39 Å². The van der Waals surface area contributed by atoms with Gasteiger partial charge in [-0.2, -0.15) is 0 Å². The summed E-state index contributed by atoms with van der Waals surface area (Å²) in [5.74, 6) is 0.519. The number of nitrogens with zero attached hydrogens (tertiary/aromatic N) is 1. The lowest BCUT2D eigenvalue weighted by atomic mass is 10.0. The molecule has 0 aromatic heterocycles. The first-order valence-electron chi connectivity index (χ1n) is 8.18. The fraction of sp³-hybridized carbons (Fsp3) is 0.238. The normalized spacial score (nSPS) is 12.5. The zero-order valence-electron chi connectivity index (χ0n) is 14.1. The second-order valence-electron chi connectivity index (χ2n) is 6.12. The molecule has 0 N–H and O–H groups in total. The Bertz CT molecular complexity index is 801. The van der Waals surface area contributed by atoms with Crippen molar-refractivity contribution in [3.63, 3.8) is 0 Å². The molecule has 24 heavy (non-hydrogen) atoms. The fourth-order valence-corrected chi connectivity index (χ4v) is 3.05. The maximum Gasteiger partial charge on any atom is 0.131 e. The highest BCUT2D eigenvalue weighted by Gasteiger charge is 2.14. The van der Waals surface area contributed by atoms with Crippen molar-refractivity contribution < 1.29 is 9.13 Å². The number of hydrogen-bond acceptors (Lipinski definition) is 2. The van der Waals surface area contributed by atoms with E-state index in [0.717, 1.165) is 17.6 Å². The van der Waals surface area contributed by atoms with E-state index in [2.05, 4.69) is 43.3 Å². The molecule has 0 aliphatic rings. The number of hydrogen-bond donors (Lipinski definition) is 0. The monoisotopic (exact) mass is 323 g/mol. The Morgan fingerprint density at radius 3 is 2.33 bits per heavy atom. The van der Waals surface area contributed by atoms with Crippen LogP contribution in [0, 0.1) is 5.82 Å². The minimum atomic E-state index is -0.214. The summed E-state index contributed by atoms with van der Waals surface area (Å²) in [7, 11) is 4.15. The molecular weight excluding hydrogens is 301 g/mol. The Balaban J connectivity index is 1.73. The van der Waals surface area contributed by atoms with Crippen molar-refractivity contribution in [1.82, 2.24) is 4.90 Å². The van der Waals surface area contributed by atoms with E-state index in [9.17, 15) is 4.39 Å². The van der Waals surface area contributed by atoms with Crippen LogP contribution in [0.1, 0.15) is 18.0 Å². The van der Waals surface area contributed by atoms with Gasteiger partial charge in [0.05, 0.1) is 6.61 Å². The molecule has 0 amide bonds. The first kappa shape index (κ1) is 16.5. The van der Waals surface area contributed by atoms with Gasteiger partial charge in [0.15, 0.2) is 0 Å². The van der Waals surface area contributed by atoms with Crippen molar-refractivity contribution in [2.45, 2.75) is 12.5 Å². The maximum absolute atomic E-state index is 13.9. The van der Waals surface area contributed by atoms with Gasteiger partial charge in [0, 0.05) is 23.2 Å². The van der Waals surface area contributed by atoms with E-state index in [4.69, 9.17) is 4.74 Å². The third-order valence-corrected chi connectivity index (χ3v) is 4.29. The Hall–Kier alpha value is -2.39. The van der Waals surface area contributed by atoms with Crippen molar-refractivity contribution in [2.75, 3.05) is 20.7 Å². The molecular formula is C21H22FNO. The molecule has 0 saturated carbocycles. The molecule has 3 aromatic rings. The molecule has 0 bridgehead atoms. The summed E-state index contributed by atoms with van der Waals surface area (Å²) in [5.41, 5.74) is 1.27. The van der Waals surface area contributed by atoms with E-state index in [1.54, 1.807) is 12.1 Å². The Labute approximate surface area is 142 Å². The molecule has 0 spiro atoms. The van der Waals surface area contributed by atoms with Gasteiger partial charge < -0.3 is 9.64 Å². The number of ether oxygens (including phenoxy) is 1. The van der Waals surface area contributed by atoms with E-state index in [1.807, 2.05) is 24.3 Å². The second-order valence-corrected chi connectivity index (χ2v) is 6.12. The molecule has 3 aromatic carbocycles. The minimum Gasteiger partial charge on any atom is -0.493 e. The molecule has 0 saturated heterocycles. The number of halogens is 1. The van der Waals surface area contributed by atoms with Gasteiger partial charge in [0.2, 0.25) is 0 Å². The van der Waals surface area contributed by atoms with Crippen LogP contribution < -0.4 is 4.74 Å². The SMILES string of the molecule is CN(C)[C@@H](CCOc1cccc2c(F)cccc12)c1ccccc1. The Kier molecular flexibility index (Phi) is 5.11. The molecule has 2 nitrogen and oxygen atoms in total. The van der Waals surface area contributed by atoms with Gasteiger partial charge in [0.1, 0.15) is 11.6 Å². The summed E-state index contributed by atoms with van der Waals surface area (Å²) in [6.07, 6.45) is 0.864. The van der Waals surface area contributed by atoms with Crippen LogP contribution in [-0.4, -0.2) is 25.6 Å². The van der Waals surface area contributed by atoms with Crippen molar-refractivity contribution in [1.29, 1.82) is 0 Å². The van der Waals surface area contributed by atoms with Crippen LogP contribution in [0.15, 0.2) is 66.7 Å². The lowest BCUT2D eigenvalue weighted by Crippen LogP contribution is -2.22. The number of fused-ring (bicyclic) bond motifs is 1. The summed E-state index contributed by atoms with van der Waals surface area (Å²) in [4.78, 5) is 2.20. The van der Waals surface area contributed by atoms with Crippen LogP contribution in [0.4, 0.5) is 4.39 Å². The summed E-state index contributed by atoms with van der Waals surface area (Å²) in [5, 5.41) is 1.42. The third-order valence-electron chi connectivity index (χ3n) is 4.29. The highest BCUT2D eigenvalue weighted by Crippen LogP contribution is 2.28. The smallest absolute Gasteiger partial charge is 0.131 e. The topological polar surface area (TPSA) is 12.5 Å². The van der Waals surface area contributed by atoms with Crippen LogP contribution in [0.5, 0.6) is 5.75 Å². The summed E-state index contributed by atoms with van der Waals surface area (Å²) >= 11 is 0. The number of benzene rings is 3. The van der Waals surface area contributed by atoms with E-state index in [1.165, 1.54) is 11.6 Å². The van der Waals surface area contributed by atoms with E-state index >= 15 is 0 Å². The number of rotatable bonds is 6.